The second-order valence-corrected chi connectivity index (χ2v) is 5.12. The van der Waals surface area contributed by atoms with Crippen molar-refractivity contribution in [3.05, 3.63) is 59.8 Å². The van der Waals surface area contributed by atoms with Gasteiger partial charge in [-0.3, -0.25) is 9.78 Å². The van der Waals surface area contributed by atoms with Gasteiger partial charge >= 0.3 is 6.18 Å². The average Bonchev–Trinajstić information content (AvgIpc) is 3.01. The molecule has 0 spiro atoms. The Bertz CT molecular complexity index is 873. The summed E-state index contributed by atoms with van der Waals surface area (Å²) in [6, 6.07) is 4.81. The highest BCUT2D eigenvalue weighted by atomic mass is 19.4. The molecule has 9 heteroatoms. The number of carbonyl (C=O) groups excluding carboxylic acids is 1. The number of hydrogen-bond acceptors (Lipinski definition) is 4. The van der Waals surface area contributed by atoms with E-state index in [0.29, 0.717) is 11.2 Å². The number of nitrogens with one attached hydrogen (secondary N) is 1. The van der Waals surface area contributed by atoms with Crippen molar-refractivity contribution in [2.45, 2.75) is 19.1 Å². The van der Waals surface area contributed by atoms with E-state index in [9.17, 15) is 18.0 Å². The Labute approximate surface area is 134 Å². The third-order valence-electron chi connectivity index (χ3n) is 3.42. The highest BCUT2D eigenvalue weighted by Gasteiger charge is 2.32. The van der Waals surface area contributed by atoms with Gasteiger partial charge in [-0.05, 0) is 24.6 Å². The largest absolute Gasteiger partial charge is 0.433 e. The van der Waals surface area contributed by atoms with E-state index in [4.69, 9.17) is 0 Å². The molecule has 0 aliphatic rings. The third-order valence-corrected chi connectivity index (χ3v) is 3.42. The normalized spacial score (nSPS) is 13.0. The van der Waals surface area contributed by atoms with Gasteiger partial charge in [-0.1, -0.05) is 6.07 Å². The molecule has 24 heavy (non-hydrogen) atoms. The Kier molecular flexibility index (Phi) is 3.92. The van der Waals surface area contributed by atoms with Crippen LogP contribution in [0.1, 0.15) is 34.7 Å². The van der Waals surface area contributed by atoms with E-state index in [0.717, 1.165) is 12.3 Å². The van der Waals surface area contributed by atoms with E-state index >= 15 is 0 Å². The Morgan fingerprint density at radius 3 is 2.71 bits per heavy atom. The van der Waals surface area contributed by atoms with Crippen LogP contribution in [0.5, 0.6) is 0 Å². The molecule has 0 fully saturated rings. The molecule has 6 nitrogen and oxygen atoms in total. The van der Waals surface area contributed by atoms with Crippen molar-refractivity contribution in [1.82, 2.24) is 24.9 Å². The maximum Gasteiger partial charge on any atom is 0.433 e. The first-order chi connectivity index (χ1) is 11.3. The Morgan fingerprint density at radius 2 is 2.04 bits per heavy atom. The van der Waals surface area contributed by atoms with Crippen molar-refractivity contribution < 1.29 is 18.0 Å². The third kappa shape index (κ3) is 3.19. The van der Waals surface area contributed by atoms with Gasteiger partial charge in [-0.2, -0.15) is 18.3 Å². The van der Waals surface area contributed by atoms with E-state index in [2.05, 4.69) is 20.4 Å². The number of alkyl halides is 3. The first kappa shape index (κ1) is 15.9. The van der Waals surface area contributed by atoms with E-state index in [1.165, 1.54) is 16.6 Å². The molecule has 1 atom stereocenters. The summed E-state index contributed by atoms with van der Waals surface area (Å²) in [6.45, 7) is 1.65. The Hall–Kier alpha value is -2.97. The molecule has 124 valence electrons. The highest BCUT2D eigenvalue weighted by molar-refractivity contribution is 5.92. The van der Waals surface area contributed by atoms with E-state index in [1.807, 2.05) is 0 Å². The number of hydrogen-bond donors (Lipinski definition) is 1. The molecule has 3 aromatic rings. The standard InChI is InChI=1S/C15H12F3N5O/c1-9(10-2-3-12(19-8-10)15(16,17)18)21-14(24)11-5-7-23-13(22-11)4-6-20-23/h2-9H,1H3,(H,21,24)/t9-/m0/s1. The highest BCUT2D eigenvalue weighted by Crippen LogP contribution is 2.27. The van der Waals surface area contributed by atoms with Gasteiger partial charge in [-0.15, -0.1) is 0 Å². The van der Waals surface area contributed by atoms with Gasteiger partial charge in [0.2, 0.25) is 0 Å². The monoisotopic (exact) mass is 335 g/mol. The van der Waals surface area contributed by atoms with Crippen molar-refractivity contribution in [2.75, 3.05) is 0 Å². The van der Waals surface area contributed by atoms with Crippen LogP contribution in [0.25, 0.3) is 5.65 Å². The molecule has 1 N–H and O–H groups in total. The fourth-order valence-corrected chi connectivity index (χ4v) is 2.12. The van der Waals surface area contributed by atoms with Gasteiger partial charge in [0, 0.05) is 18.5 Å². The molecule has 0 unspecified atom stereocenters. The summed E-state index contributed by atoms with van der Waals surface area (Å²) in [6.07, 6.45) is -0.237. The predicted octanol–water partition coefficient (Wildman–Crippen LogP) is 2.63. The lowest BCUT2D eigenvalue weighted by atomic mass is 10.1. The smallest absolute Gasteiger partial charge is 0.344 e. The number of rotatable bonds is 3. The van der Waals surface area contributed by atoms with Crippen LogP contribution in [0, 0.1) is 0 Å². The lowest BCUT2D eigenvalue weighted by Crippen LogP contribution is -2.27. The number of aromatic nitrogens is 4. The SMILES string of the molecule is C[C@H](NC(=O)c1ccn2nccc2n1)c1ccc(C(F)(F)F)nc1. The van der Waals surface area contributed by atoms with Crippen molar-refractivity contribution in [3.8, 4) is 0 Å². The number of pyridine rings is 1. The number of fused-ring (bicyclic) bond motifs is 1. The van der Waals surface area contributed by atoms with Crippen LogP contribution >= 0.6 is 0 Å². The van der Waals surface area contributed by atoms with Crippen LogP contribution in [0.15, 0.2) is 42.9 Å². The second-order valence-electron chi connectivity index (χ2n) is 5.12. The van der Waals surface area contributed by atoms with Crippen LogP contribution in [-0.2, 0) is 6.18 Å². The summed E-state index contributed by atoms with van der Waals surface area (Å²) < 4.78 is 39.0. The minimum absolute atomic E-state index is 0.190. The van der Waals surface area contributed by atoms with Gasteiger partial charge in [0.25, 0.3) is 5.91 Å². The molecule has 3 aromatic heterocycles. The molecule has 0 radical (unpaired) electrons. The van der Waals surface area contributed by atoms with Crippen molar-refractivity contribution in [2.24, 2.45) is 0 Å². The van der Waals surface area contributed by atoms with E-state index in [-0.39, 0.29) is 5.69 Å². The minimum Gasteiger partial charge on any atom is -0.344 e. The topological polar surface area (TPSA) is 72.2 Å². The van der Waals surface area contributed by atoms with E-state index < -0.39 is 23.8 Å². The summed E-state index contributed by atoms with van der Waals surface area (Å²) in [4.78, 5) is 19.8. The molecule has 0 aromatic carbocycles. The maximum absolute atomic E-state index is 12.5. The van der Waals surface area contributed by atoms with Crippen LogP contribution < -0.4 is 5.32 Å². The number of carbonyl (C=O) groups is 1. The van der Waals surface area contributed by atoms with Gasteiger partial charge in [0.05, 0.1) is 12.2 Å². The van der Waals surface area contributed by atoms with Gasteiger partial charge in [0.15, 0.2) is 5.65 Å². The summed E-state index contributed by atoms with van der Waals surface area (Å²) in [5.74, 6) is -0.439. The molecule has 0 saturated carbocycles. The van der Waals surface area contributed by atoms with Crippen molar-refractivity contribution in [1.29, 1.82) is 0 Å². The first-order valence-electron chi connectivity index (χ1n) is 6.99. The van der Waals surface area contributed by atoms with E-state index in [1.54, 1.807) is 25.4 Å². The summed E-state index contributed by atoms with van der Waals surface area (Å²) in [5, 5.41) is 6.65. The molecule has 1 amide bonds. The second kappa shape index (κ2) is 5.91. The van der Waals surface area contributed by atoms with Gasteiger partial charge in [-0.25, -0.2) is 9.50 Å². The summed E-state index contributed by atoms with van der Waals surface area (Å²) in [7, 11) is 0. The molecule has 0 bridgehead atoms. The van der Waals surface area contributed by atoms with Crippen LogP contribution in [0.4, 0.5) is 13.2 Å². The molecule has 3 rings (SSSR count). The lowest BCUT2D eigenvalue weighted by Gasteiger charge is -2.14. The zero-order chi connectivity index (χ0) is 17.3. The van der Waals surface area contributed by atoms with Crippen molar-refractivity contribution in [3.63, 3.8) is 0 Å². The zero-order valence-corrected chi connectivity index (χ0v) is 12.4. The Balaban J connectivity index is 1.73. The molecule has 0 saturated heterocycles. The molecule has 3 heterocycles. The van der Waals surface area contributed by atoms with Crippen molar-refractivity contribution >= 4 is 11.6 Å². The first-order valence-corrected chi connectivity index (χ1v) is 6.99. The van der Waals surface area contributed by atoms with Crippen LogP contribution in [-0.4, -0.2) is 25.5 Å². The number of nitrogens with zero attached hydrogens (tertiary/aromatic N) is 4. The fraction of sp³-hybridized carbons (Fsp3) is 0.200. The predicted molar refractivity (Wildman–Crippen MR) is 78.1 cm³/mol. The molecular weight excluding hydrogens is 323 g/mol. The van der Waals surface area contributed by atoms with Crippen LogP contribution in [0.2, 0.25) is 0 Å². The lowest BCUT2D eigenvalue weighted by molar-refractivity contribution is -0.141. The quantitative estimate of drug-likeness (QED) is 0.799. The molecule has 0 aliphatic carbocycles. The fourth-order valence-electron chi connectivity index (χ4n) is 2.12. The van der Waals surface area contributed by atoms with Gasteiger partial charge < -0.3 is 5.32 Å². The zero-order valence-electron chi connectivity index (χ0n) is 12.4. The maximum atomic E-state index is 12.5. The summed E-state index contributed by atoms with van der Waals surface area (Å²) >= 11 is 0. The number of halogens is 3. The summed E-state index contributed by atoms with van der Waals surface area (Å²) in [5.41, 5.74) is 0.195. The van der Waals surface area contributed by atoms with Gasteiger partial charge in [0.1, 0.15) is 11.4 Å². The van der Waals surface area contributed by atoms with Crippen LogP contribution in [0.3, 0.4) is 0 Å². The Morgan fingerprint density at radius 1 is 1.25 bits per heavy atom. The molecular formula is C15H12F3N5O. The average molecular weight is 335 g/mol. The molecule has 0 aliphatic heterocycles. The minimum atomic E-state index is -4.49. The number of amides is 1.